The van der Waals surface area contributed by atoms with Gasteiger partial charge in [-0.25, -0.2) is 0 Å². The maximum atomic E-state index is 5.33. The lowest BCUT2D eigenvalue weighted by atomic mass is 10.1. The van der Waals surface area contributed by atoms with Crippen molar-refractivity contribution in [3.63, 3.8) is 0 Å². The Morgan fingerprint density at radius 3 is 2.29 bits per heavy atom. The lowest BCUT2D eigenvalue weighted by molar-refractivity contribution is 0.131. The van der Waals surface area contributed by atoms with Crippen molar-refractivity contribution < 1.29 is 4.74 Å². The molecule has 0 spiro atoms. The smallest absolute Gasteiger partial charge is 0.0751 e. The number of unbranched alkanes of at least 4 members (excludes halogenated alkanes) is 5. The largest absolute Gasteiger partial charge is 0.377 e. The summed E-state index contributed by atoms with van der Waals surface area (Å²) in [6.07, 6.45) is 13.9. The van der Waals surface area contributed by atoms with E-state index in [1.165, 1.54) is 44.9 Å². The standard InChI is InChI=1S/C13H26O/c1-4-6-7-8-9-10-12-13(14-3)11-5-2/h5,11,13H,4,6-10,12H2,1-3H3/b11-5+. The zero-order chi connectivity index (χ0) is 10.6. The quantitative estimate of drug-likeness (QED) is 0.396. The second kappa shape index (κ2) is 10.8. The van der Waals surface area contributed by atoms with Crippen LogP contribution in [-0.2, 0) is 4.74 Å². The summed E-state index contributed by atoms with van der Waals surface area (Å²) in [5.41, 5.74) is 0. The molecule has 0 aromatic rings. The summed E-state index contributed by atoms with van der Waals surface area (Å²) in [7, 11) is 1.79. The molecule has 0 aliphatic carbocycles. The van der Waals surface area contributed by atoms with Gasteiger partial charge in [-0.05, 0) is 13.3 Å². The Bertz CT molecular complexity index is 129. The van der Waals surface area contributed by atoms with Crippen LogP contribution in [0.2, 0.25) is 0 Å². The van der Waals surface area contributed by atoms with Gasteiger partial charge in [0.05, 0.1) is 6.10 Å². The minimum atomic E-state index is 0.339. The van der Waals surface area contributed by atoms with Crippen molar-refractivity contribution in [3.8, 4) is 0 Å². The van der Waals surface area contributed by atoms with Gasteiger partial charge in [0.25, 0.3) is 0 Å². The van der Waals surface area contributed by atoms with Gasteiger partial charge >= 0.3 is 0 Å². The summed E-state index contributed by atoms with van der Waals surface area (Å²) >= 11 is 0. The Hall–Kier alpha value is -0.300. The highest BCUT2D eigenvalue weighted by Gasteiger charge is 2.00. The first-order valence-corrected chi connectivity index (χ1v) is 6.00. The molecule has 0 fully saturated rings. The summed E-state index contributed by atoms with van der Waals surface area (Å²) in [6, 6.07) is 0. The molecule has 0 heterocycles. The molecule has 0 bridgehead atoms. The summed E-state index contributed by atoms with van der Waals surface area (Å²) < 4.78 is 5.33. The van der Waals surface area contributed by atoms with Gasteiger partial charge in [-0.15, -0.1) is 0 Å². The second-order valence-electron chi connectivity index (χ2n) is 3.86. The number of hydrogen-bond acceptors (Lipinski definition) is 1. The van der Waals surface area contributed by atoms with Gasteiger partial charge in [0.15, 0.2) is 0 Å². The van der Waals surface area contributed by atoms with Crippen molar-refractivity contribution in [2.45, 2.75) is 64.9 Å². The molecule has 0 saturated carbocycles. The lowest BCUT2D eigenvalue weighted by Crippen LogP contribution is -2.06. The van der Waals surface area contributed by atoms with Crippen molar-refractivity contribution in [2.75, 3.05) is 7.11 Å². The molecule has 1 nitrogen and oxygen atoms in total. The minimum Gasteiger partial charge on any atom is -0.377 e. The molecule has 0 rings (SSSR count). The molecule has 0 aromatic carbocycles. The molecule has 0 N–H and O–H groups in total. The first kappa shape index (κ1) is 13.7. The Labute approximate surface area is 89.5 Å². The van der Waals surface area contributed by atoms with Gasteiger partial charge in [-0.2, -0.15) is 0 Å². The highest BCUT2D eigenvalue weighted by molar-refractivity contribution is 4.86. The van der Waals surface area contributed by atoms with Crippen LogP contribution in [0.3, 0.4) is 0 Å². The summed E-state index contributed by atoms with van der Waals surface area (Å²) in [6.45, 7) is 4.31. The average molecular weight is 198 g/mol. The van der Waals surface area contributed by atoms with Crippen molar-refractivity contribution in [1.82, 2.24) is 0 Å². The average Bonchev–Trinajstić information content (AvgIpc) is 2.21. The summed E-state index contributed by atoms with van der Waals surface area (Å²) in [4.78, 5) is 0. The molecule has 0 aromatic heterocycles. The number of allylic oxidation sites excluding steroid dienone is 1. The van der Waals surface area contributed by atoms with Gasteiger partial charge in [0, 0.05) is 7.11 Å². The van der Waals surface area contributed by atoms with Gasteiger partial charge < -0.3 is 4.74 Å². The molecule has 0 amide bonds. The first-order valence-electron chi connectivity index (χ1n) is 6.00. The molecule has 0 radical (unpaired) electrons. The molecular formula is C13H26O. The van der Waals surface area contributed by atoms with Crippen LogP contribution in [0.4, 0.5) is 0 Å². The van der Waals surface area contributed by atoms with Crippen LogP contribution < -0.4 is 0 Å². The lowest BCUT2D eigenvalue weighted by Gasteiger charge is -2.09. The van der Waals surface area contributed by atoms with E-state index < -0.39 is 0 Å². The Balaban J connectivity index is 3.24. The molecular weight excluding hydrogens is 172 g/mol. The third-order valence-electron chi connectivity index (χ3n) is 2.55. The molecule has 1 atom stereocenters. The molecule has 0 aliphatic rings. The van der Waals surface area contributed by atoms with Gasteiger partial charge in [-0.1, -0.05) is 57.6 Å². The van der Waals surface area contributed by atoms with Crippen molar-refractivity contribution in [1.29, 1.82) is 0 Å². The highest BCUT2D eigenvalue weighted by atomic mass is 16.5. The number of rotatable bonds is 9. The Kier molecular flexibility index (Phi) is 10.5. The second-order valence-corrected chi connectivity index (χ2v) is 3.86. The van der Waals surface area contributed by atoms with E-state index in [9.17, 15) is 0 Å². The molecule has 84 valence electrons. The van der Waals surface area contributed by atoms with Gasteiger partial charge in [0.1, 0.15) is 0 Å². The fourth-order valence-electron chi connectivity index (χ4n) is 1.63. The molecule has 0 saturated heterocycles. The van der Waals surface area contributed by atoms with E-state index in [0.29, 0.717) is 6.10 Å². The van der Waals surface area contributed by atoms with Crippen LogP contribution in [0, 0.1) is 0 Å². The normalized spacial score (nSPS) is 13.6. The number of methoxy groups -OCH3 is 1. The van der Waals surface area contributed by atoms with Crippen molar-refractivity contribution >= 4 is 0 Å². The minimum absolute atomic E-state index is 0.339. The fraction of sp³-hybridized carbons (Fsp3) is 0.846. The maximum absolute atomic E-state index is 5.33. The zero-order valence-electron chi connectivity index (χ0n) is 10.1. The molecule has 1 heteroatoms. The molecule has 0 aliphatic heterocycles. The van der Waals surface area contributed by atoms with Gasteiger partial charge in [-0.3, -0.25) is 0 Å². The number of ether oxygens (including phenoxy) is 1. The van der Waals surface area contributed by atoms with Crippen LogP contribution in [0.25, 0.3) is 0 Å². The fourth-order valence-corrected chi connectivity index (χ4v) is 1.63. The topological polar surface area (TPSA) is 9.23 Å². The third kappa shape index (κ3) is 8.31. The first-order chi connectivity index (χ1) is 6.85. The van der Waals surface area contributed by atoms with E-state index in [2.05, 4.69) is 19.1 Å². The Morgan fingerprint density at radius 2 is 1.71 bits per heavy atom. The monoisotopic (exact) mass is 198 g/mol. The predicted molar refractivity (Wildman–Crippen MR) is 63.6 cm³/mol. The summed E-state index contributed by atoms with van der Waals surface area (Å²) in [5.74, 6) is 0. The van der Waals surface area contributed by atoms with E-state index in [1.54, 1.807) is 7.11 Å². The van der Waals surface area contributed by atoms with Crippen LogP contribution in [0.15, 0.2) is 12.2 Å². The van der Waals surface area contributed by atoms with Crippen LogP contribution in [0.5, 0.6) is 0 Å². The van der Waals surface area contributed by atoms with Crippen LogP contribution in [0.1, 0.15) is 58.8 Å². The van der Waals surface area contributed by atoms with E-state index in [4.69, 9.17) is 4.74 Å². The highest BCUT2D eigenvalue weighted by Crippen LogP contribution is 2.10. The van der Waals surface area contributed by atoms with Crippen LogP contribution >= 0.6 is 0 Å². The van der Waals surface area contributed by atoms with E-state index >= 15 is 0 Å². The van der Waals surface area contributed by atoms with Crippen LogP contribution in [-0.4, -0.2) is 13.2 Å². The van der Waals surface area contributed by atoms with E-state index in [0.717, 1.165) is 0 Å². The predicted octanol–water partition coefficient (Wildman–Crippen LogP) is 4.33. The SMILES string of the molecule is C/C=C/C(CCCCCCCC)OC. The van der Waals surface area contributed by atoms with Gasteiger partial charge in [0.2, 0.25) is 0 Å². The Morgan fingerprint density at radius 1 is 1.07 bits per heavy atom. The maximum Gasteiger partial charge on any atom is 0.0751 e. The zero-order valence-corrected chi connectivity index (χ0v) is 10.1. The van der Waals surface area contributed by atoms with E-state index in [-0.39, 0.29) is 0 Å². The summed E-state index contributed by atoms with van der Waals surface area (Å²) in [5, 5.41) is 0. The number of hydrogen-bond donors (Lipinski definition) is 0. The van der Waals surface area contributed by atoms with E-state index in [1.807, 2.05) is 6.92 Å². The van der Waals surface area contributed by atoms with Crippen molar-refractivity contribution in [3.05, 3.63) is 12.2 Å². The molecule has 1 unspecified atom stereocenters. The van der Waals surface area contributed by atoms with Crippen molar-refractivity contribution in [2.24, 2.45) is 0 Å². The third-order valence-corrected chi connectivity index (χ3v) is 2.55. The molecule has 14 heavy (non-hydrogen) atoms.